The first kappa shape index (κ1) is 14.4. The van der Waals surface area contributed by atoms with Crippen LogP contribution in [0.5, 0.6) is 0 Å². The van der Waals surface area contributed by atoms with Crippen LogP contribution in [0, 0.1) is 0 Å². The minimum Gasteiger partial charge on any atom is -0.363 e. The molecule has 3 aromatic carbocycles. The van der Waals surface area contributed by atoms with Crippen molar-refractivity contribution in [2.24, 2.45) is 0 Å². The zero-order valence-corrected chi connectivity index (χ0v) is 13.7. The molecule has 0 bridgehead atoms. The van der Waals surface area contributed by atoms with E-state index in [0.29, 0.717) is 11.5 Å². The van der Waals surface area contributed by atoms with Crippen molar-refractivity contribution in [3.63, 3.8) is 0 Å². The molecule has 4 rings (SSSR count). The number of hydrogen-bond donors (Lipinski definition) is 1. The van der Waals surface area contributed by atoms with Crippen molar-refractivity contribution >= 4 is 28.0 Å². The monoisotopic (exact) mass is 319 g/mol. The van der Waals surface area contributed by atoms with Gasteiger partial charge in [0.25, 0.3) is 0 Å². The number of rotatable bonds is 2. The van der Waals surface area contributed by atoms with E-state index >= 15 is 0 Å². The molecule has 1 atom stereocenters. The number of aliphatic hydroxyl groups is 1. The van der Waals surface area contributed by atoms with E-state index in [9.17, 15) is 5.11 Å². The van der Waals surface area contributed by atoms with E-state index in [1.807, 2.05) is 60.4 Å². The normalized spacial score (nSPS) is 20.1. The number of fused-ring (bicyclic) bond motifs is 2. The van der Waals surface area contributed by atoms with Crippen molar-refractivity contribution in [1.29, 1.82) is 0 Å². The lowest BCUT2D eigenvalue weighted by Crippen LogP contribution is -2.44. The van der Waals surface area contributed by atoms with Gasteiger partial charge in [-0.25, -0.2) is 0 Å². The standard InChI is InChI=1S/C20H17NOS/c1-2-21-19(23)16-11-5-6-12-18(16)20(21,22)17-13-7-9-14-8-3-4-10-15(14)17/h3-13,22H,2H2,1H3. The van der Waals surface area contributed by atoms with Crippen LogP contribution in [0.4, 0.5) is 0 Å². The Hall–Kier alpha value is -2.23. The molecule has 0 saturated carbocycles. The maximum absolute atomic E-state index is 11.8. The highest BCUT2D eigenvalue weighted by Gasteiger charge is 2.47. The molecule has 1 unspecified atom stereocenters. The molecule has 114 valence electrons. The largest absolute Gasteiger partial charge is 0.363 e. The van der Waals surface area contributed by atoms with Gasteiger partial charge in [-0.2, -0.15) is 0 Å². The minimum atomic E-state index is -1.22. The third-order valence-corrected chi connectivity index (χ3v) is 5.09. The third kappa shape index (κ3) is 1.87. The Kier molecular flexibility index (Phi) is 3.22. The summed E-state index contributed by atoms with van der Waals surface area (Å²) in [6, 6.07) is 22.1. The summed E-state index contributed by atoms with van der Waals surface area (Å²) in [5.41, 5.74) is 1.47. The molecule has 1 heterocycles. The van der Waals surface area contributed by atoms with E-state index < -0.39 is 5.72 Å². The van der Waals surface area contributed by atoms with Crippen molar-refractivity contribution < 1.29 is 5.11 Å². The minimum absolute atomic E-state index is 0.646. The molecule has 1 aliphatic heterocycles. The first-order valence-electron chi connectivity index (χ1n) is 7.80. The Balaban J connectivity index is 2.07. The van der Waals surface area contributed by atoms with Crippen LogP contribution in [-0.2, 0) is 5.72 Å². The first-order chi connectivity index (χ1) is 11.2. The molecule has 2 nitrogen and oxygen atoms in total. The first-order valence-corrected chi connectivity index (χ1v) is 8.21. The van der Waals surface area contributed by atoms with Crippen LogP contribution in [0.3, 0.4) is 0 Å². The number of benzene rings is 3. The molecule has 3 heteroatoms. The highest BCUT2D eigenvalue weighted by atomic mass is 32.1. The maximum Gasteiger partial charge on any atom is 0.193 e. The van der Waals surface area contributed by atoms with E-state index in [1.165, 1.54) is 0 Å². The lowest BCUT2D eigenvalue weighted by molar-refractivity contribution is -0.0244. The van der Waals surface area contributed by atoms with Crippen molar-refractivity contribution in [3.05, 3.63) is 83.4 Å². The van der Waals surface area contributed by atoms with E-state index in [1.54, 1.807) is 0 Å². The smallest absolute Gasteiger partial charge is 0.193 e. The van der Waals surface area contributed by atoms with Crippen LogP contribution in [0.15, 0.2) is 66.7 Å². The van der Waals surface area contributed by atoms with Crippen LogP contribution in [0.25, 0.3) is 10.8 Å². The topological polar surface area (TPSA) is 23.5 Å². The molecule has 1 aliphatic rings. The Morgan fingerprint density at radius 1 is 0.913 bits per heavy atom. The second-order valence-corrected chi connectivity index (χ2v) is 6.18. The number of hydrogen-bond acceptors (Lipinski definition) is 2. The fourth-order valence-corrected chi connectivity index (χ4v) is 4.04. The zero-order valence-electron chi connectivity index (χ0n) is 12.9. The van der Waals surface area contributed by atoms with Crippen LogP contribution in [-0.4, -0.2) is 21.5 Å². The fraction of sp³-hybridized carbons (Fsp3) is 0.150. The van der Waals surface area contributed by atoms with Gasteiger partial charge in [-0.15, -0.1) is 0 Å². The Bertz CT molecular complexity index is 915. The molecule has 0 radical (unpaired) electrons. The van der Waals surface area contributed by atoms with Crippen molar-refractivity contribution in [3.8, 4) is 0 Å². The van der Waals surface area contributed by atoms with Gasteiger partial charge in [0.05, 0.1) is 0 Å². The molecule has 1 N–H and O–H groups in total. The summed E-state index contributed by atoms with van der Waals surface area (Å²) in [5, 5.41) is 13.9. The lowest BCUT2D eigenvalue weighted by Gasteiger charge is -2.36. The fourth-order valence-electron chi connectivity index (χ4n) is 3.60. The van der Waals surface area contributed by atoms with Gasteiger partial charge in [-0.3, -0.25) is 0 Å². The molecule has 0 saturated heterocycles. The van der Waals surface area contributed by atoms with Crippen LogP contribution < -0.4 is 0 Å². The average molecular weight is 319 g/mol. The highest BCUT2D eigenvalue weighted by Crippen LogP contribution is 2.44. The second kappa shape index (κ2) is 5.15. The van der Waals surface area contributed by atoms with Crippen molar-refractivity contribution in [2.75, 3.05) is 6.54 Å². The summed E-state index contributed by atoms with van der Waals surface area (Å²) in [6.07, 6.45) is 0. The molecule has 0 aromatic heterocycles. The van der Waals surface area contributed by atoms with E-state index in [-0.39, 0.29) is 0 Å². The number of nitrogens with zero attached hydrogens (tertiary/aromatic N) is 1. The van der Waals surface area contributed by atoms with Crippen LogP contribution >= 0.6 is 12.2 Å². The van der Waals surface area contributed by atoms with Gasteiger partial charge in [0, 0.05) is 23.2 Å². The average Bonchev–Trinajstić information content (AvgIpc) is 2.83. The molecule has 23 heavy (non-hydrogen) atoms. The van der Waals surface area contributed by atoms with Gasteiger partial charge in [0.15, 0.2) is 5.72 Å². The Morgan fingerprint density at radius 3 is 2.39 bits per heavy atom. The van der Waals surface area contributed by atoms with Crippen LogP contribution in [0.1, 0.15) is 23.6 Å². The van der Waals surface area contributed by atoms with Crippen molar-refractivity contribution in [1.82, 2.24) is 4.90 Å². The lowest BCUT2D eigenvalue weighted by atomic mass is 9.90. The molecule has 3 aromatic rings. The SMILES string of the molecule is CCN1C(=S)c2ccccc2C1(O)c1cccc2ccccc12. The van der Waals surface area contributed by atoms with E-state index in [0.717, 1.165) is 27.5 Å². The molecular weight excluding hydrogens is 302 g/mol. The molecule has 0 aliphatic carbocycles. The summed E-state index contributed by atoms with van der Waals surface area (Å²) in [6.45, 7) is 2.67. The molecule has 0 fully saturated rings. The predicted molar refractivity (Wildman–Crippen MR) is 97.5 cm³/mol. The van der Waals surface area contributed by atoms with Gasteiger partial charge in [0.2, 0.25) is 0 Å². The van der Waals surface area contributed by atoms with Gasteiger partial charge in [-0.1, -0.05) is 78.9 Å². The third-order valence-electron chi connectivity index (χ3n) is 4.65. The quantitative estimate of drug-likeness (QED) is 0.721. The highest BCUT2D eigenvalue weighted by molar-refractivity contribution is 7.80. The zero-order chi connectivity index (χ0) is 16.0. The number of thiocarbonyl (C=S) groups is 1. The van der Waals surface area contributed by atoms with Crippen molar-refractivity contribution in [2.45, 2.75) is 12.6 Å². The predicted octanol–water partition coefficient (Wildman–Crippen LogP) is 4.04. The Labute approximate surface area is 141 Å². The summed E-state index contributed by atoms with van der Waals surface area (Å²) < 4.78 is 0. The maximum atomic E-state index is 11.8. The van der Waals surface area contributed by atoms with E-state index in [2.05, 4.69) is 18.2 Å². The summed E-state index contributed by atoms with van der Waals surface area (Å²) in [7, 11) is 0. The second-order valence-electron chi connectivity index (χ2n) is 5.79. The van der Waals surface area contributed by atoms with Crippen LogP contribution in [0.2, 0.25) is 0 Å². The van der Waals surface area contributed by atoms with Gasteiger partial charge in [0.1, 0.15) is 4.99 Å². The molecule has 0 spiro atoms. The molecule has 0 amide bonds. The summed E-state index contributed by atoms with van der Waals surface area (Å²) in [4.78, 5) is 2.62. The van der Waals surface area contributed by atoms with Gasteiger partial charge >= 0.3 is 0 Å². The van der Waals surface area contributed by atoms with E-state index in [4.69, 9.17) is 12.2 Å². The van der Waals surface area contributed by atoms with Gasteiger partial charge < -0.3 is 10.0 Å². The molecular formula is C20H17NOS. The Morgan fingerprint density at radius 2 is 1.57 bits per heavy atom. The summed E-state index contributed by atoms with van der Waals surface area (Å²) in [5.74, 6) is 0. The van der Waals surface area contributed by atoms with Gasteiger partial charge in [-0.05, 0) is 17.7 Å². The summed E-state index contributed by atoms with van der Waals surface area (Å²) >= 11 is 5.63.